The number of hydrogen-bond acceptors (Lipinski definition) is 5. The molecule has 4 rings (SSSR count). The molecule has 0 saturated carbocycles. The molecule has 1 aliphatic heterocycles. The van der Waals surface area contributed by atoms with E-state index in [1.807, 2.05) is 49.4 Å². The fourth-order valence-corrected chi connectivity index (χ4v) is 3.25. The van der Waals surface area contributed by atoms with Crippen LogP contribution in [-0.4, -0.2) is 28.7 Å². The van der Waals surface area contributed by atoms with Crippen LogP contribution in [0.5, 0.6) is 5.75 Å². The van der Waals surface area contributed by atoms with Crippen LogP contribution in [0.25, 0.3) is 10.9 Å². The average Bonchev–Trinajstić information content (AvgIpc) is 2.62. The van der Waals surface area contributed by atoms with E-state index < -0.39 is 6.10 Å². The van der Waals surface area contributed by atoms with E-state index in [0.717, 1.165) is 33.6 Å². The number of aromatic nitrogens is 2. The first-order chi connectivity index (χ1) is 11.7. The Kier molecular flexibility index (Phi) is 3.58. The van der Waals surface area contributed by atoms with E-state index in [2.05, 4.69) is 4.90 Å². The van der Waals surface area contributed by atoms with Gasteiger partial charge in [0, 0.05) is 23.2 Å². The lowest BCUT2D eigenvalue weighted by Gasteiger charge is -2.32. The Morgan fingerprint density at radius 1 is 1.17 bits per heavy atom. The van der Waals surface area contributed by atoms with Gasteiger partial charge in [0.05, 0.1) is 24.4 Å². The molecule has 0 fully saturated rings. The minimum Gasteiger partial charge on any atom is -0.497 e. The van der Waals surface area contributed by atoms with Crippen LogP contribution in [0, 0.1) is 6.92 Å². The Balaban J connectivity index is 1.85. The lowest BCUT2D eigenvalue weighted by Crippen LogP contribution is -2.28. The molecule has 24 heavy (non-hydrogen) atoms. The Labute approximate surface area is 140 Å². The van der Waals surface area contributed by atoms with Crippen molar-refractivity contribution in [1.29, 1.82) is 0 Å². The second-order valence-electron chi connectivity index (χ2n) is 6.01. The Bertz CT molecular complexity index is 910. The highest BCUT2D eigenvalue weighted by Gasteiger charge is 2.27. The molecule has 2 aromatic carbocycles. The number of rotatable bonds is 2. The smallest absolute Gasteiger partial charge is 0.230 e. The van der Waals surface area contributed by atoms with Crippen molar-refractivity contribution in [2.24, 2.45) is 0 Å². The second-order valence-corrected chi connectivity index (χ2v) is 6.01. The molecular weight excluding hydrogens is 302 g/mol. The Hall–Kier alpha value is -2.66. The molecule has 0 bridgehead atoms. The molecule has 1 atom stereocenters. The molecule has 5 nitrogen and oxygen atoms in total. The molecule has 0 saturated heterocycles. The van der Waals surface area contributed by atoms with Gasteiger partial charge in [-0.05, 0) is 37.6 Å². The zero-order valence-corrected chi connectivity index (χ0v) is 13.7. The van der Waals surface area contributed by atoms with E-state index in [0.29, 0.717) is 18.9 Å². The van der Waals surface area contributed by atoms with Crippen molar-refractivity contribution < 1.29 is 9.84 Å². The maximum absolute atomic E-state index is 10.3. The molecule has 5 heteroatoms. The summed E-state index contributed by atoms with van der Waals surface area (Å²) in [6, 6.07) is 13.8. The highest BCUT2D eigenvalue weighted by Crippen LogP contribution is 2.39. The minimum atomic E-state index is -0.493. The summed E-state index contributed by atoms with van der Waals surface area (Å²) in [5, 5.41) is 11.4. The zero-order valence-electron chi connectivity index (χ0n) is 13.7. The number of methoxy groups -OCH3 is 1. The van der Waals surface area contributed by atoms with Gasteiger partial charge in [0.2, 0.25) is 5.95 Å². The quantitative estimate of drug-likeness (QED) is 0.782. The maximum Gasteiger partial charge on any atom is 0.230 e. The maximum atomic E-state index is 10.3. The molecule has 2 heterocycles. The van der Waals surface area contributed by atoms with Crippen molar-refractivity contribution in [3.05, 3.63) is 53.7 Å². The van der Waals surface area contributed by atoms with Crippen LogP contribution in [0.3, 0.4) is 0 Å². The number of ether oxygens (including phenoxy) is 1. The van der Waals surface area contributed by atoms with Crippen LogP contribution in [0.2, 0.25) is 0 Å². The van der Waals surface area contributed by atoms with E-state index in [-0.39, 0.29) is 0 Å². The van der Waals surface area contributed by atoms with E-state index in [1.54, 1.807) is 7.11 Å². The molecule has 1 aromatic heterocycles. The van der Waals surface area contributed by atoms with Gasteiger partial charge >= 0.3 is 0 Å². The van der Waals surface area contributed by atoms with E-state index in [1.165, 1.54) is 0 Å². The molecule has 0 aliphatic carbocycles. The van der Waals surface area contributed by atoms with Gasteiger partial charge in [-0.2, -0.15) is 0 Å². The molecule has 1 aliphatic rings. The van der Waals surface area contributed by atoms with Gasteiger partial charge in [-0.25, -0.2) is 9.97 Å². The van der Waals surface area contributed by atoms with Gasteiger partial charge in [-0.3, -0.25) is 0 Å². The number of fused-ring (bicyclic) bond motifs is 2. The van der Waals surface area contributed by atoms with E-state index in [4.69, 9.17) is 14.7 Å². The predicted molar refractivity (Wildman–Crippen MR) is 93.9 cm³/mol. The monoisotopic (exact) mass is 321 g/mol. The van der Waals surface area contributed by atoms with Crippen molar-refractivity contribution in [3.63, 3.8) is 0 Å². The molecule has 122 valence electrons. The molecule has 0 spiro atoms. The van der Waals surface area contributed by atoms with Crippen molar-refractivity contribution in [2.45, 2.75) is 19.4 Å². The normalized spacial score (nSPS) is 17.0. The minimum absolute atomic E-state index is 0.493. The standard InChI is InChI=1S/C19H19N3O2/c1-12-14-5-3-4-6-16(14)21-19(20-12)22-10-9-18(23)15-11-13(24-2)7-8-17(15)22/h3-8,11,18,23H,9-10H2,1-2H3. The van der Waals surface area contributed by atoms with Crippen LogP contribution in [0.1, 0.15) is 23.8 Å². The van der Waals surface area contributed by atoms with Crippen LogP contribution >= 0.6 is 0 Å². The molecule has 0 radical (unpaired) electrons. The SMILES string of the molecule is COc1ccc2c(c1)C(O)CCN2c1nc(C)c2ccccc2n1. The summed E-state index contributed by atoms with van der Waals surface area (Å²) in [6.45, 7) is 2.68. The first-order valence-corrected chi connectivity index (χ1v) is 8.04. The summed E-state index contributed by atoms with van der Waals surface area (Å²) in [5.41, 5.74) is 3.68. The van der Waals surface area contributed by atoms with Gasteiger partial charge in [0.15, 0.2) is 0 Å². The van der Waals surface area contributed by atoms with Gasteiger partial charge in [-0.1, -0.05) is 18.2 Å². The van der Waals surface area contributed by atoms with Crippen LogP contribution < -0.4 is 9.64 Å². The molecule has 0 amide bonds. The number of aliphatic hydroxyl groups excluding tert-OH is 1. The summed E-state index contributed by atoms with van der Waals surface area (Å²) >= 11 is 0. The Morgan fingerprint density at radius 2 is 2.00 bits per heavy atom. The number of aryl methyl sites for hydroxylation is 1. The average molecular weight is 321 g/mol. The lowest BCUT2D eigenvalue weighted by molar-refractivity contribution is 0.165. The summed E-state index contributed by atoms with van der Waals surface area (Å²) < 4.78 is 5.29. The number of hydrogen-bond donors (Lipinski definition) is 1. The fourth-order valence-electron chi connectivity index (χ4n) is 3.25. The summed E-state index contributed by atoms with van der Waals surface area (Å²) in [7, 11) is 1.63. The Morgan fingerprint density at radius 3 is 2.83 bits per heavy atom. The number of nitrogens with zero attached hydrogens (tertiary/aromatic N) is 3. The number of benzene rings is 2. The number of aliphatic hydroxyl groups is 1. The third kappa shape index (κ3) is 2.37. The van der Waals surface area contributed by atoms with Crippen molar-refractivity contribution >= 4 is 22.5 Å². The fraction of sp³-hybridized carbons (Fsp3) is 0.263. The predicted octanol–water partition coefficient (Wildman–Crippen LogP) is 3.52. The highest BCUT2D eigenvalue weighted by molar-refractivity contribution is 5.82. The first-order valence-electron chi connectivity index (χ1n) is 8.04. The van der Waals surface area contributed by atoms with Gasteiger partial charge in [0.1, 0.15) is 5.75 Å². The molecule has 3 aromatic rings. The first kappa shape index (κ1) is 14.9. The van der Waals surface area contributed by atoms with E-state index >= 15 is 0 Å². The largest absolute Gasteiger partial charge is 0.497 e. The number of anilines is 2. The highest BCUT2D eigenvalue weighted by atomic mass is 16.5. The van der Waals surface area contributed by atoms with Crippen molar-refractivity contribution in [2.75, 3.05) is 18.6 Å². The van der Waals surface area contributed by atoms with Crippen LogP contribution in [0.15, 0.2) is 42.5 Å². The lowest BCUT2D eigenvalue weighted by atomic mass is 9.98. The van der Waals surface area contributed by atoms with Crippen molar-refractivity contribution in [3.8, 4) is 5.75 Å². The zero-order chi connectivity index (χ0) is 16.7. The van der Waals surface area contributed by atoms with Gasteiger partial charge in [-0.15, -0.1) is 0 Å². The van der Waals surface area contributed by atoms with Gasteiger partial charge < -0.3 is 14.7 Å². The molecule has 1 N–H and O–H groups in total. The second kappa shape index (κ2) is 5.76. The third-order valence-electron chi connectivity index (χ3n) is 4.53. The summed E-state index contributed by atoms with van der Waals surface area (Å²) in [4.78, 5) is 11.5. The summed E-state index contributed by atoms with van der Waals surface area (Å²) in [5.74, 6) is 1.41. The third-order valence-corrected chi connectivity index (χ3v) is 4.53. The summed E-state index contributed by atoms with van der Waals surface area (Å²) in [6.07, 6.45) is 0.142. The topological polar surface area (TPSA) is 58.5 Å². The van der Waals surface area contributed by atoms with Crippen molar-refractivity contribution in [1.82, 2.24) is 9.97 Å². The van der Waals surface area contributed by atoms with Crippen LogP contribution in [-0.2, 0) is 0 Å². The molecule has 1 unspecified atom stereocenters. The van der Waals surface area contributed by atoms with Crippen LogP contribution in [0.4, 0.5) is 11.6 Å². The molecular formula is C19H19N3O2. The number of para-hydroxylation sites is 1. The van der Waals surface area contributed by atoms with E-state index in [9.17, 15) is 5.11 Å². The van der Waals surface area contributed by atoms with Gasteiger partial charge in [0.25, 0.3) is 0 Å².